The minimum atomic E-state index is -0.537. The Kier molecular flexibility index (Phi) is 2.73. The number of aliphatic hydroxyl groups excluding tert-OH is 1. The summed E-state index contributed by atoms with van der Waals surface area (Å²) in [4.78, 5) is 11.4. The van der Waals surface area contributed by atoms with Crippen LogP contribution >= 0.6 is 0 Å². The van der Waals surface area contributed by atoms with E-state index in [0.717, 1.165) is 18.4 Å². The summed E-state index contributed by atoms with van der Waals surface area (Å²) >= 11 is 0. The maximum Gasteiger partial charge on any atom is 0.343 e. The van der Waals surface area contributed by atoms with Crippen molar-refractivity contribution in [2.75, 3.05) is 0 Å². The lowest BCUT2D eigenvalue weighted by Crippen LogP contribution is -2.02. The van der Waals surface area contributed by atoms with Gasteiger partial charge >= 0.3 is 5.97 Å². The van der Waals surface area contributed by atoms with Crippen LogP contribution in [0.2, 0.25) is 0 Å². The van der Waals surface area contributed by atoms with Crippen molar-refractivity contribution in [3.05, 3.63) is 35.1 Å². The van der Waals surface area contributed by atoms with Crippen molar-refractivity contribution in [2.24, 2.45) is 0 Å². The van der Waals surface area contributed by atoms with Gasteiger partial charge in [-0.3, -0.25) is 0 Å². The molecule has 0 unspecified atom stereocenters. The van der Waals surface area contributed by atoms with E-state index < -0.39 is 6.10 Å². The molecule has 0 saturated carbocycles. The molecule has 80 valence electrons. The van der Waals surface area contributed by atoms with Crippen LogP contribution in [0.15, 0.2) is 35.1 Å². The zero-order chi connectivity index (χ0) is 10.8. The Labute approximate surface area is 88.7 Å². The van der Waals surface area contributed by atoms with Gasteiger partial charge in [0.15, 0.2) is 0 Å². The van der Waals surface area contributed by atoms with Crippen molar-refractivity contribution in [1.82, 2.24) is 0 Å². The van der Waals surface area contributed by atoms with Crippen LogP contribution in [-0.4, -0.2) is 17.2 Å². The molecule has 1 atom stereocenters. The van der Waals surface area contributed by atoms with E-state index in [1.54, 1.807) is 12.2 Å². The highest BCUT2D eigenvalue weighted by Gasteiger charge is 2.29. The molecule has 15 heavy (non-hydrogen) atoms. The van der Waals surface area contributed by atoms with E-state index in [0.29, 0.717) is 17.8 Å². The third kappa shape index (κ3) is 1.88. The largest absolute Gasteiger partial charge is 0.423 e. The summed E-state index contributed by atoms with van der Waals surface area (Å²) < 4.78 is 5.12. The molecule has 2 rings (SSSR count). The first-order valence-electron chi connectivity index (χ1n) is 5.24. The smallest absolute Gasteiger partial charge is 0.343 e. The second-order valence-corrected chi connectivity index (χ2v) is 3.73. The molecule has 0 fully saturated rings. The molecule has 0 saturated heterocycles. The lowest BCUT2D eigenvalue weighted by molar-refractivity contribution is -0.132. The van der Waals surface area contributed by atoms with Gasteiger partial charge in [0.2, 0.25) is 0 Å². The Morgan fingerprint density at radius 3 is 3.20 bits per heavy atom. The van der Waals surface area contributed by atoms with Gasteiger partial charge in [-0.25, -0.2) is 4.79 Å². The summed E-state index contributed by atoms with van der Waals surface area (Å²) in [6, 6.07) is 0. The monoisotopic (exact) mass is 206 g/mol. The molecule has 0 amide bonds. The number of ether oxygens (including phenoxy) is 1. The van der Waals surface area contributed by atoms with Gasteiger partial charge in [0, 0.05) is 5.57 Å². The molecule has 0 radical (unpaired) electrons. The third-order valence-electron chi connectivity index (χ3n) is 2.65. The van der Waals surface area contributed by atoms with Gasteiger partial charge in [-0.15, -0.1) is 0 Å². The molecule has 1 aliphatic heterocycles. The number of rotatable bonds is 2. The van der Waals surface area contributed by atoms with Crippen LogP contribution in [0.1, 0.15) is 26.2 Å². The molecule has 0 aromatic carbocycles. The summed E-state index contributed by atoms with van der Waals surface area (Å²) in [6.07, 6.45) is 7.23. The van der Waals surface area contributed by atoms with E-state index in [-0.39, 0.29) is 5.97 Å². The molecule has 0 bridgehead atoms. The molecule has 1 aliphatic carbocycles. The Bertz CT molecular complexity index is 374. The number of esters is 1. The summed E-state index contributed by atoms with van der Waals surface area (Å²) in [5.74, 6) is 0.254. The number of aliphatic hydroxyl groups is 1. The number of carbonyl (C=O) groups is 1. The average Bonchev–Trinajstić information content (AvgIpc) is 2.57. The van der Waals surface area contributed by atoms with E-state index in [9.17, 15) is 9.90 Å². The molecule has 1 heterocycles. The lowest BCUT2D eigenvalue weighted by Gasteiger charge is -2.07. The van der Waals surface area contributed by atoms with Gasteiger partial charge in [0.05, 0.1) is 11.7 Å². The van der Waals surface area contributed by atoms with Gasteiger partial charge in [0.25, 0.3) is 0 Å². The lowest BCUT2D eigenvalue weighted by atomic mass is 9.97. The zero-order valence-corrected chi connectivity index (χ0v) is 8.69. The molecule has 0 aromatic heterocycles. The maximum atomic E-state index is 11.4. The van der Waals surface area contributed by atoms with E-state index >= 15 is 0 Å². The second-order valence-electron chi connectivity index (χ2n) is 3.73. The fourth-order valence-electron chi connectivity index (χ4n) is 1.75. The molecule has 3 nitrogen and oxygen atoms in total. The molecule has 0 spiro atoms. The van der Waals surface area contributed by atoms with Gasteiger partial charge in [-0.05, 0) is 25.3 Å². The normalized spacial score (nSPS) is 24.4. The van der Waals surface area contributed by atoms with E-state index in [4.69, 9.17) is 4.74 Å². The number of cyclic esters (lactones) is 1. The van der Waals surface area contributed by atoms with Gasteiger partial charge in [-0.1, -0.05) is 19.1 Å². The quantitative estimate of drug-likeness (QED) is 0.701. The minimum absolute atomic E-state index is 0.296. The van der Waals surface area contributed by atoms with Crippen molar-refractivity contribution in [3.8, 4) is 0 Å². The molecule has 2 aliphatic rings. The fraction of sp³-hybridized carbons (Fsp3) is 0.417. The Morgan fingerprint density at radius 1 is 1.67 bits per heavy atom. The van der Waals surface area contributed by atoms with Crippen LogP contribution in [0.5, 0.6) is 0 Å². The Hall–Kier alpha value is -1.35. The van der Waals surface area contributed by atoms with Crippen LogP contribution in [0.4, 0.5) is 0 Å². The average molecular weight is 206 g/mol. The topological polar surface area (TPSA) is 46.5 Å². The first-order valence-corrected chi connectivity index (χ1v) is 5.24. The highest BCUT2D eigenvalue weighted by Crippen LogP contribution is 2.33. The van der Waals surface area contributed by atoms with Crippen LogP contribution in [0, 0.1) is 0 Å². The number of carbonyl (C=O) groups excluding carboxylic acids is 1. The third-order valence-corrected chi connectivity index (χ3v) is 2.65. The van der Waals surface area contributed by atoms with Gasteiger partial charge in [-0.2, -0.15) is 0 Å². The van der Waals surface area contributed by atoms with E-state index in [1.165, 1.54) is 0 Å². The molecular weight excluding hydrogens is 192 g/mol. The maximum absolute atomic E-state index is 11.4. The SMILES string of the molecule is CC[C@H](O)/C=C1\OC(=O)C2=C1CCC=C2. The molecule has 0 aromatic rings. The first kappa shape index (κ1) is 10.2. The van der Waals surface area contributed by atoms with Crippen LogP contribution in [0.3, 0.4) is 0 Å². The predicted molar refractivity (Wildman–Crippen MR) is 55.9 cm³/mol. The van der Waals surface area contributed by atoms with Crippen LogP contribution in [0.25, 0.3) is 0 Å². The highest BCUT2D eigenvalue weighted by molar-refractivity contribution is 5.97. The van der Waals surface area contributed by atoms with Crippen molar-refractivity contribution in [3.63, 3.8) is 0 Å². The predicted octanol–water partition coefficient (Wildman–Crippen LogP) is 1.84. The number of allylic oxidation sites excluding steroid dienone is 2. The Morgan fingerprint density at radius 2 is 2.47 bits per heavy atom. The summed E-state index contributed by atoms with van der Waals surface area (Å²) in [6.45, 7) is 1.88. The minimum Gasteiger partial charge on any atom is -0.423 e. The Balaban J connectivity index is 2.30. The van der Waals surface area contributed by atoms with Crippen molar-refractivity contribution < 1.29 is 14.6 Å². The summed E-state index contributed by atoms with van der Waals surface area (Å²) in [5.41, 5.74) is 1.59. The van der Waals surface area contributed by atoms with Crippen LogP contribution < -0.4 is 0 Å². The van der Waals surface area contributed by atoms with E-state index in [1.807, 2.05) is 13.0 Å². The van der Waals surface area contributed by atoms with Gasteiger partial charge < -0.3 is 9.84 Å². The molecular formula is C12H14O3. The van der Waals surface area contributed by atoms with Crippen LogP contribution in [-0.2, 0) is 9.53 Å². The van der Waals surface area contributed by atoms with Gasteiger partial charge in [0.1, 0.15) is 5.76 Å². The molecule has 1 N–H and O–H groups in total. The summed E-state index contributed by atoms with van der Waals surface area (Å²) in [5, 5.41) is 9.49. The van der Waals surface area contributed by atoms with Crippen molar-refractivity contribution in [1.29, 1.82) is 0 Å². The second kappa shape index (κ2) is 4.03. The zero-order valence-electron chi connectivity index (χ0n) is 8.69. The number of hydrogen-bond donors (Lipinski definition) is 1. The van der Waals surface area contributed by atoms with Crippen molar-refractivity contribution >= 4 is 5.97 Å². The number of hydrogen-bond acceptors (Lipinski definition) is 3. The standard InChI is InChI=1S/C12H14O3/c1-2-8(13)7-11-9-5-3-4-6-10(9)12(14)15-11/h4,6-8,13H,2-3,5H2,1H3/b11-7-/t8-/m0/s1. The fourth-order valence-corrected chi connectivity index (χ4v) is 1.75. The highest BCUT2D eigenvalue weighted by atomic mass is 16.5. The molecule has 3 heteroatoms. The summed E-state index contributed by atoms with van der Waals surface area (Å²) in [7, 11) is 0. The first-order chi connectivity index (χ1) is 7.22. The van der Waals surface area contributed by atoms with Crippen molar-refractivity contribution in [2.45, 2.75) is 32.3 Å². The van der Waals surface area contributed by atoms with E-state index in [2.05, 4.69) is 0 Å².